The summed E-state index contributed by atoms with van der Waals surface area (Å²) in [6.07, 6.45) is 17.9. The molecule has 0 saturated heterocycles. The minimum Gasteiger partial charge on any atom is -0.306 e. The third kappa shape index (κ3) is 6.16. The van der Waals surface area contributed by atoms with Crippen molar-refractivity contribution in [3.05, 3.63) is 0 Å². The molecule has 0 heterocycles. The molecule has 0 spiro atoms. The molecule has 2 aliphatic carbocycles. The van der Waals surface area contributed by atoms with Crippen molar-refractivity contribution in [1.29, 1.82) is 0 Å². The second kappa shape index (κ2) is 9.07. The molecule has 118 valence electrons. The van der Waals surface area contributed by atoms with Crippen LogP contribution in [-0.2, 0) is 0 Å². The molecule has 2 rings (SSSR count). The Kier molecular flexibility index (Phi) is 7.41. The summed E-state index contributed by atoms with van der Waals surface area (Å²) in [5.41, 5.74) is 0. The summed E-state index contributed by atoms with van der Waals surface area (Å²) in [6, 6.07) is 0. The van der Waals surface area contributed by atoms with E-state index in [-0.39, 0.29) is 0 Å². The smallest absolute Gasteiger partial charge is 0.00191 e. The Morgan fingerprint density at radius 3 is 2.00 bits per heavy atom. The summed E-state index contributed by atoms with van der Waals surface area (Å²) in [5.74, 6) is 3.06. The van der Waals surface area contributed by atoms with Crippen LogP contribution in [0.1, 0.15) is 84.0 Å². The molecule has 2 aliphatic rings. The Morgan fingerprint density at radius 1 is 0.700 bits per heavy atom. The first kappa shape index (κ1) is 16.3. The summed E-state index contributed by atoms with van der Waals surface area (Å²) >= 11 is 0. The van der Waals surface area contributed by atoms with E-state index in [0.29, 0.717) is 0 Å². The van der Waals surface area contributed by atoms with Gasteiger partial charge in [0.1, 0.15) is 0 Å². The van der Waals surface area contributed by atoms with Crippen molar-refractivity contribution in [3.8, 4) is 0 Å². The molecule has 0 aromatic carbocycles. The van der Waals surface area contributed by atoms with Crippen LogP contribution < -0.4 is 0 Å². The van der Waals surface area contributed by atoms with Gasteiger partial charge in [0.25, 0.3) is 0 Å². The highest BCUT2D eigenvalue weighted by Crippen LogP contribution is 2.29. The van der Waals surface area contributed by atoms with Crippen LogP contribution in [0.25, 0.3) is 0 Å². The van der Waals surface area contributed by atoms with E-state index in [0.717, 1.165) is 17.8 Å². The predicted octanol–water partition coefficient (Wildman–Crippen LogP) is 5.50. The number of nitrogens with zero attached hydrogens (tertiary/aromatic N) is 1. The van der Waals surface area contributed by atoms with Crippen LogP contribution in [0.15, 0.2) is 0 Å². The standard InChI is InChI=1S/C19H37N/c1-17-7-6-10-19(12-11-17)14-16-20(2)15-13-18-8-4-3-5-9-18/h17-19H,3-16H2,1-2H3/t17-,19-/m0/s1. The van der Waals surface area contributed by atoms with Crippen LogP contribution in [0.2, 0.25) is 0 Å². The van der Waals surface area contributed by atoms with Crippen LogP contribution in [0.5, 0.6) is 0 Å². The summed E-state index contributed by atoms with van der Waals surface area (Å²) < 4.78 is 0. The summed E-state index contributed by atoms with van der Waals surface area (Å²) in [4.78, 5) is 2.61. The highest BCUT2D eigenvalue weighted by molar-refractivity contribution is 4.71. The van der Waals surface area contributed by atoms with E-state index in [1.54, 1.807) is 0 Å². The zero-order chi connectivity index (χ0) is 14.2. The Balaban J connectivity index is 1.55. The van der Waals surface area contributed by atoms with Crippen LogP contribution in [0.3, 0.4) is 0 Å². The average molecular weight is 280 g/mol. The molecule has 0 bridgehead atoms. The first-order chi connectivity index (χ1) is 9.74. The fourth-order valence-electron chi connectivity index (χ4n) is 4.25. The molecule has 0 unspecified atom stereocenters. The largest absolute Gasteiger partial charge is 0.306 e. The Hall–Kier alpha value is -0.0400. The maximum Gasteiger partial charge on any atom is -0.00191 e. The van der Waals surface area contributed by atoms with Gasteiger partial charge in [0, 0.05) is 0 Å². The van der Waals surface area contributed by atoms with Gasteiger partial charge in [-0.2, -0.15) is 0 Å². The van der Waals surface area contributed by atoms with Crippen molar-refractivity contribution < 1.29 is 0 Å². The monoisotopic (exact) mass is 279 g/mol. The molecule has 0 N–H and O–H groups in total. The maximum absolute atomic E-state index is 2.61. The van der Waals surface area contributed by atoms with Gasteiger partial charge in [-0.05, 0) is 50.7 Å². The minimum absolute atomic E-state index is 0.990. The molecule has 0 aliphatic heterocycles. The van der Waals surface area contributed by atoms with Gasteiger partial charge in [0.2, 0.25) is 0 Å². The fraction of sp³-hybridized carbons (Fsp3) is 1.00. The Labute approximate surface area is 127 Å². The highest BCUT2D eigenvalue weighted by Gasteiger charge is 2.17. The fourth-order valence-corrected chi connectivity index (χ4v) is 4.25. The second-order valence-electron chi connectivity index (χ2n) is 7.86. The van der Waals surface area contributed by atoms with E-state index in [9.17, 15) is 0 Å². The van der Waals surface area contributed by atoms with Crippen molar-refractivity contribution in [2.24, 2.45) is 17.8 Å². The molecular formula is C19H37N. The maximum atomic E-state index is 2.61. The van der Waals surface area contributed by atoms with Crippen molar-refractivity contribution in [2.45, 2.75) is 84.0 Å². The Bertz CT molecular complexity index is 244. The molecule has 0 aromatic rings. The van der Waals surface area contributed by atoms with Crippen molar-refractivity contribution in [3.63, 3.8) is 0 Å². The SMILES string of the molecule is C[C@H]1CCC[C@H](CCN(C)CCC2CCCCC2)CC1. The Morgan fingerprint density at radius 2 is 1.30 bits per heavy atom. The molecule has 2 saturated carbocycles. The lowest BCUT2D eigenvalue weighted by atomic mass is 9.87. The molecule has 20 heavy (non-hydrogen) atoms. The molecule has 0 aromatic heterocycles. The summed E-state index contributed by atoms with van der Waals surface area (Å²) in [5, 5.41) is 0. The molecule has 0 radical (unpaired) electrons. The lowest BCUT2D eigenvalue weighted by molar-refractivity contribution is 0.246. The van der Waals surface area contributed by atoms with Gasteiger partial charge in [0.15, 0.2) is 0 Å². The predicted molar refractivity (Wildman–Crippen MR) is 89.0 cm³/mol. The second-order valence-corrected chi connectivity index (χ2v) is 7.86. The van der Waals surface area contributed by atoms with E-state index in [1.807, 2.05) is 0 Å². The van der Waals surface area contributed by atoms with E-state index >= 15 is 0 Å². The van der Waals surface area contributed by atoms with Gasteiger partial charge in [0.05, 0.1) is 0 Å². The molecular weight excluding hydrogens is 242 g/mol. The highest BCUT2D eigenvalue weighted by atomic mass is 15.1. The van der Waals surface area contributed by atoms with Gasteiger partial charge >= 0.3 is 0 Å². The van der Waals surface area contributed by atoms with Gasteiger partial charge < -0.3 is 4.90 Å². The van der Waals surface area contributed by atoms with E-state index in [1.165, 1.54) is 90.1 Å². The third-order valence-electron chi connectivity index (χ3n) is 5.94. The topological polar surface area (TPSA) is 3.24 Å². The zero-order valence-electron chi connectivity index (χ0n) is 14.1. The normalized spacial score (nSPS) is 29.6. The minimum atomic E-state index is 0.990. The van der Waals surface area contributed by atoms with Crippen LogP contribution in [0, 0.1) is 17.8 Å². The first-order valence-electron chi connectivity index (χ1n) is 9.42. The van der Waals surface area contributed by atoms with Gasteiger partial charge in [-0.3, -0.25) is 0 Å². The lowest BCUT2D eigenvalue weighted by Gasteiger charge is -2.25. The van der Waals surface area contributed by atoms with E-state index < -0.39 is 0 Å². The first-order valence-corrected chi connectivity index (χ1v) is 9.42. The van der Waals surface area contributed by atoms with Crippen molar-refractivity contribution >= 4 is 0 Å². The van der Waals surface area contributed by atoms with Crippen LogP contribution in [-0.4, -0.2) is 25.0 Å². The van der Waals surface area contributed by atoms with E-state index in [2.05, 4.69) is 18.9 Å². The summed E-state index contributed by atoms with van der Waals surface area (Å²) in [7, 11) is 2.35. The van der Waals surface area contributed by atoms with Crippen molar-refractivity contribution in [1.82, 2.24) is 4.90 Å². The molecule has 2 fully saturated rings. The molecule has 2 atom stereocenters. The molecule has 1 nitrogen and oxygen atoms in total. The van der Waals surface area contributed by atoms with Gasteiger partial charge in [-0.1, -0.05) is 71.1 Å². The number of hydrogen-bond acceptors (Lipinski definition) is 1. The van der Waals surface area contributed by atoms with Gasteiger partial charge in [-0.25, -0.2) is 0 Å². The van der Waals surface area contributed by atoms with Crippen LogP contribution in [0.4, 0.5) is 0 Å². The molecule has 0 amide bonds. The average Bonchev–Trinajstić information content (AvgIpc) is 2.68. The lowest BCUT2D eigenvalue weighted by Crippen LogP contribution is -2.25. The summed E-state index contributed by atoms with van der Waals surface area (Å²) in [6.45, 7) is 5.12. The number of hydrogen-bond donors (Lipinski definition) is 0. The number of rotatable bonds is 6. The molecule has 1 heteroatoms. The zero-order valence-corrected chi connectivity index (χ0v) is 14.1. The van der Waals surface area contributed by atoms with Gasteiger partial charge in [-0.15, -0.1) is 0 Å². The van der Waals surface area contributed by atoms with E-state index in [4.69, 9.17) is 0 Å². The quantitative estimate of drug-likeness (QED) is 0.581. The van der Waals surface area contributed by atoms with Crippen LogP contribution >= 0.6 is 0 Å². The van der Waals surface area contributed by atoms with Crippen molar-refractivity contribution in [2.75, 3.05) is 20.1 Å². The third-order valence-corrected chi connectivity index (χ3v) is 5.94.